The van der Waals surface area contributed by atoms with E-state index in [1.165, 1.54) is 0 Å². The van der Waals surface area contributed by atoms with Crippen molar-refractivity contribution >= 4 is 55.8 Å². The number of amides is 1. The van der Waals surface area contributed by atoms with Crippen LogP contribution in [0, 0.1) is 0 Å². The second kappa shape index (κ2) is 9.92. The van der Waals surface area contributed by atoms with Crippen LogP contribution in [0.25, 0.3) is 31.6 Å². The topological polar surface area (TPSA) is 132 Å². The summed E-state index contributed by atoms with van der Waals surface area (Å²) in [5, 5.41) is 18.5. The fourth-order valence-electron chi connectivity index (χ4n) is 3.70. The SMILES string of the molecule is O=C(O)CNC(=O)CNCc1ccc(-c2cc3ncnc(Nc4ccc5[nH]ccc5c4)c3s2)cc1. The van der Waals surface area contributed by atoms with Crippen molar-refractivity contribution in [1.82, 2.24) is 25.6 Å². The van der Waals surface area contributed by atoms with Gasteiger partial charge in [-0.05, 0) is 41.5 Å². The molecule has 0 fully saturated rings. The highest BCUT2D eigenvalue weighted by Crippen LogP contribution is 2.36. The van der Waals surface area contributed by atoms with Crippen molar-refractivity contribution in [2.45, 2.75) is 6.54 Å². The Hall–Kier alpha value is -4.28. The number of thiophene rings is 1. The van der Waals surface area contributed by atoms with Gasteiger partial charge in [-0.25, -0.2) is 9.97 Å². The summed E-state index contributed by atoms with van der Waals surface area (Å²) in [4.78, 5) is 35.3. The molecule has 35 heavy (non-hydrogen) atoms. The third-order valence-electron chi connectivity index (χ3n) is 5.42. The summed E-state index contributed by atoms with van der Waals surface area (Å²) in [6.07, 6.45) is 3.49. The minimum atomic E-state index is -1.07. The lowest BCUT2D eigenvalue weighted by molar-refractivity contribution is -0.137. The predicted molar refractivity (Wildman–Crippen MR) is 137 cm³/mol. The number of carbonyl (C=O) groups excluding carboxylic acids is 1. The number of carbonyl (C=O) groups is 2. The van der Waals surface area contributed by atoms with Crippen LogP contribution >= 0.6 is 11.3 Å². The molecule has 2 aromatic carbocycles. The molecule has 0 saturated heterocycles. The summed E-state index contributed by atoms with van der Waals surface area (Å²) in [7, 11) is 0. The molecule has 0 aliphatic heterocycles. The zero-order valence-corrected chi connectivity index (χ0v) is 19.4. The van der Waals surface area contributed by atoms with E-state index in [0.29, 0.717) is 6.54 Å². The molecule has 0 bridgehead atoms. The number of carboxylic acids is 1. The molecular weight excluding hydrogens is 464 g/mol. The molecule has 0 atom stereocenters. The first-order chi connectivity index (χ1) is 17.0. The predicted octanol–water partition coefficient (Wildman–Crippen LogP) is 3.87. The monoisotopic (exact) mass is 486 g/mol. The van der Waals surface area contributed by atoms with Crippen molar-refractivity contribution in [3.63, 3.8) is 0 Å². The first-order valence-corrected chi connectivity index (χ1v) is 11.7. The summed E-state index contributed by atoms with van der Waals surface area (Å²) in [6.45, 7) is 0.170. The van der Waals surface area contributed by atoms with E-state index in [9.17, 15) is 9.59 Å². The molecule has 9 nitrogen and oxygen atoms in total. The normalized spacial score (nSPS) is 11.1. The number of H-pyrrole nitrogens is 1. The first-order valence-electron chi connectivity index (χ1n) is 10.9. The number of nitrogens with one attached hydrogen (secondary N) is 4. The number of aliphatic carboxylic acids is 1. The molecule has 1 amide bonds. The minimum absolute atomic E-state index is 0.0524. The van der Waals surface area contributed by atoms with Gasteiger partial charge in [0.2, 0.25) is 5.91 Å². The third kappa shape index (κ3) is 5.29. The smallest absolute Gasteiger partial charge is 0.322 e. The van der Waals surface area contributed by atoms with Gasteiger partial charge in [-0.3, -0.25) is 9.59 Å². The van der Waals surface area contributed by atoms with E-state index in [-0.39, 0.29) is 19.0 Å². The van der Waals surface area contributed by atoms with Crippen LogP contribution in [0.4, 0.5) is 11.5 Å². The molecule has 176 valence electrons. The highest BCUT2D eigenvalue weighted by molar-refractivity contribution is 7.22. The number of nitrogens with zero attached hydrogens (tertiary/aromatic N) is 2. The quantitative estimate of drug-likeness (QED) is 0.214. The van der Waals surface area contributed by atoms with E-state index in [0.717, 1.165) is 48.6 Å². The maximum Gasteiger partial charge on any atom is 0.322 e. The lowest BCUT2D eigenvalue weighted by atomic mass is 10.1. The van der Waals surface area contributed by atoms with Gasteiger partial charge >= 0.3 is 5.97 Å². The highest BCUT2D eigenvalue weighted by Gasteiger charge is 2.11. The standard InChI is InChI=1S/C25H22N6O3S/c32-22(28-13-23(33)34)12-26-11-15-1-3-16(4-2-15)21-10-20-24(35-21)25(30-14-29-20)31-18-5-6-19-17(9-18)7-8-27-19/h1-10,14,26-27H,11-13H2,(H,28,32)(H,33,34)(H,29,30,31). The van der Waals surface area contributed by atoms with Crippen molar-refractivity contribution in [1.29, 1.82) is 0 Å². The van der Waals surface area contributed by atoms with Gasteiger partial charge in [-0.2, -0.15) is 0 Å². The number of aromatic nitrogens is 3. The number of benzene rings is 2. The van der Waals surface area contributed by atoms with Crippen molar-refractivity contribution < 1.29 is 14.7 Å². The number of fused-ring (bicyclic) bond motifs is 2. The Morgan fingerprint density at radius 2 is 1.86 bits per heavy atom. The zero-order chi connectivity index (χ0) is 24.2. The zero-order valence-electron chi connectivity index (χ0n) is 18.5. The average molecular weight is 487 g/mol. The molecule has 10 heteroatoms. The Kier molecular flexibility index (Phi) is 6.38. The second-order valence-electron chi connectivity index (χ2n) is 7.92. The van der Waals surface area contributed by atoms with Crippen LogP contribution in [-0.2, 0) is 16.1 Å². The van der Waals surface area contributed by atoms with E-state index in [1.807, 2.05) is 48.7 Å². The van der Waals surface area contributed by atoms with Crippen LogP contribution in [0.1, 0.15) is 5.56 Å². The Labute approximate surface area is 204 Å². The molecule has 0 aliphatic rings. The van der Waals surface area contributed by atoms with Gasteiger partial charge in [-0.15, -0.1) is 11.3 Å². The number of carboxylic acid groups (broad SMARTS) is 1. The van der Waals surface area contributed by atoms with E-state index in [1.54, 1.807) is 17.7 Å². The molecular formula is C25H22N6O3S. The molecule has 0 radical (unpaired) electrons. The van der Waals surface area contributed by atoms with Gasteiger partial charge in [0.25, 0.3) is 0 Å². The fraction of sp³-hybridized carbons (Fsp3) is 0.120. The molecule has 0 unspecified atom stereocenters. The van der Waals surface area contributed by atoms with Gasteiger partial charge in [0, 0.05) is 34.2 Å². The second-order valence-corrected chi connectivity index (χ2v) is 8.98. The van der Waals surface area contributed by atoms with Crippen molar-refractivity contribution in [2.24, 2.45) is 0 Å². The Morgan fingerprint density at radius 1 is 1.00 bits per heavy atom. The van der Waals surface area contributed by atoms with Crippen LogP contribution < -0.4 is 16.0 Å². The molecule has 5 rings (SSSR count). The maximum absolute atomic E-state index is 11.6. The maximum atomic E-state index is 11.6. The molecule has 3 heterocycles. The number of rotatable bonds is 9. The Morgan fingerprint density at radius 3 is 2.69 bits per heavy atom. The molecule has 0 spiro atoms. The summed E-state index contributed by atoms with van der Waals surface area (Å²) < 4.78 is 0.981. The summed E-state index contributed by atoms with van der Waals surface area (Å²) in [5.74, 6) is -0.654. The fourth-order valence-corrected chi connectivity index (χ4v) is 4.76. The molecule has 5 aromatic rings. The van der Waals surface area contributed by atoms with E-state index in [4.69, 9.17) is 5.11 Å². The Bertz CT molecular complexity index is 1510. The van der Waals surface area contributed by atoms with Crippen LogP contribution in [0.15, 0.2) is 67.1 Å². The van der Waals surface area contributed by atoms with Crippen LogP contribution in [0.5, 0.6) is 0 Å². The highest BCUT2D eigenvalue weighted by atomic mass is 32.1. The van der Waals surface area contributed by atoms with E-state index < -0.39 is 5.97 Å². The lowest BCUT2D eigenvalue weighted by Gasteiger charge is -2.06. The number of hydrogen-bond acceptors (Lipinski definition) is 7. The van der Waals surface area contributed by atoms with Gasteiger partial charge < -0.3 is 26.0 Å². The number of anilines is 2. The minimum Gasteiger partial charge on any atom is -0.480 e. The Balaban J connectivity index is 1.27. The summed E-state index contributed by atoms with van der Waals surface area (Å²) >= 11 is 1.63. The van der Waals surface area contributed by atoms with Crippen LogP contribution in [0.3, 0.4) is 0 Å². The van der Waals surface area contributed by atoms with Crippen LogP contribution in [0.2, 0.25) is 0 Å². The van der Waals surface area contributed by atoms with Gasteiger partial charge in [0.15, 0.2) is 5.82 Å². The lowest BCUT2D eigenvalue weighted by Crippen LogP contribution is -2.36. The third-order valence-corrected chi connectivity index (χ3v) is 6.60. The van der Waals surface area contributed by atoms with Gasteiger partial charge in [0.05, 0.1) is 16.8 Å². The summed E-state index contributed by atoms with van der Waals surface area (Å²) in [5.41, 5.74) is 5.00. The van der Waals surface area contributed by atoms with Crippen molar-refractivity contribution in [3.8, 4) is 10.4 Å². The van der Waals surface area contributed by atoms with E-state index >= 15 is 0 Å². The van der Waals surface area contributed by atoms with Gasteiger partial charge in [-0.1, -0.05) is 24.3 Å². The van der Waals surface area contributed by atoms with Gasteiger partial charge in [0.1, 0.15) is 12.9 Å². The average Bonchev–Trinajstić information content (AvgIpc) is 3.50. The number of hydrogen-bond donors (Lipinski definition) is 5. The van der Waals surface area contributed by atoms with Crippen molar-refractivity contribution in [3.05, 3.63) is 72.7 Å². The molecule has 5 N–H and O–H groups in total. The first kappa shape index (κ1) is 22.5. The van der Waals surface area contributed by atoms with Crippen LogP contribution in [-0.4, -0.2) is 45.0 Å². The number of aromatic amines is 1. The summed E-state index contributed by atoms with van der Waals surface area (Å²) in [6, 6.07) is 18.3. The molecule has 3 aromatic heterocycles. The largest absolute Gasteiger partial charge is 0.480 e. The molecule has 0 aliphatic carbocycles. The molecule has 0 saturated carbocycles. The van der Waals surface area contributed by atoms with E-state index in [2.05, 4.69) is 43.0 Å². The van der Waals surface area contributed by atoms with Crippen molar-refractivity contribution in [2.75, 3.05) is 18.4 Å².